The van der Waals surface area contributed by atoms with Gasteiger partial charge in [0.05, 0.1) is 18.8 Å². The number of aromatic nitrogens is 2. The number of hydrogen-bond donors (Lipinski definition) is 2. The molecule has 9 heteroatoms. The van der Waals surface area contributed by atoms with E-state index >= 15 is 0 Å². The molecule has 2 N–H and O–H groups in total. The summed E-state index contributed by atoms with van der Waals surface area (Å²) in [5, 5.41) is 11.3. The van der Waals surface area contributed by atoms with Crippen LogP contribution in [-0.4, -0.2) is 71.9 Å². The number of rotatable bonds is 8. The number of likely N-dealkylation sites (tertiary alicyclic amines) is 1. The second kappa shape index (κ2) is 13.1. The molecule has 0 spiro atoms. The van der Waals surface area contributed by atoms with Crippen molar-refractivity contribution in [3.05, 3.63) is 53.6 Å². The fourth-order valence-electron chi connectivity index (χ4n) is 3.95. The average Bonchev–Trinajstić information content (AvgIpc) is 3.17. The Morgan fingerprint density at radius 1 is 1.25 bits per heavy atom. The molecular weight excluding hydrogens is 520 g/mol. The van der Waals surface area contributed by atoms with Gasteiger partial charge in [-0.25, -0.2) is 4.39 Å². The third-order valence-corrected chi connectivity index (χ3v) is 5.75. The van der Waals surface area contributed by atoms with Gasteiger partial charge in [-0.05, 0) is 51.6 Å². The van der Waals surface area contributed by atoms with Gasteiger partial charge in [0.25, 0.3) is 0 Å². The zero-order chi connectivity index (χ0) is 22.2. The summed E-state index contributed by atoms with van der Waals surface area (Å²) in [6.07, 6.45) is 6.09. The predicted molar refractivity (Wildman–Crippen MR) is 139 cm³/mol. The van der Waals surface area contributed by atoms with Gasteiger partial charge in [0.1, 0.15) is 5.82 Å². The van der Waals surface area contributed by atoms with Crippen LogP contribution in [0.2, 0.25) is 0 Å². The Labute approximate surface area is 208 Å². The Morgan fingerprint density at radius 2 is 1.94 bits per heavy atom. The standard InChI is InChI=1S/C23H36FN7.HI/c1-5-25-23(26-15-22(29(2)3)19-14-27-30(4)17-19)28-21-10-12-31(13-11-21)16-18-6-8-20(24)9-7-18;/h6-9,14,17,21-22H,5,10-13,15-16H2,1-4H3,(H2,25,26,28);1H. The third-order valence-electron chi connectivity index (χ3n) is 5.75. The third kappa shape index (κ3) is 8.00. The molecule has 1 saturated heterocycles. The fourth-order valence-corrected chi connectivity index (χ4v) is 3.95. The Bertz CT molecular complexity index is 829. The molecule has 0 radical (unpaired) electrons. The van der Waals surface area contributed by atoms with Gasteiger partial charge in [0, 0.05) is 51.0 Å². The lowest BCUT2D eigenvalue weighted by Gasteiger charge is -2.33. The number of halogens is 2. The predicted octanol–water partition coefficient (Wildman–Crippen LogP) is 3.00. The second-order valence-electron chi connectivity index (χ2n) is 8.47. The van der Waals surface area contributed by atoms with Crippen molar-refractivity contribution >= 4 is 29.9 Å². The highest BCUT2D eigenvalue weighted by Gasteiger charge is 2.21. The zero-order valence-electron chi connectivity index (χ0n) is 19.6. The molecule has 2 heterocycles. The number of piperidine rings is 1. The molecule has 0 amide bonds. The molecule has 1 unspecified atom stereocenters. The SMILES string of the molecule is CCNC(=NCC(c1cnn(C)c1)N(C)C)NC1CCN(Cc2ccc(F)cc2)CC1.I. The van der Waals surface area contributed by atoms with Gasteiger partial charge in [-0.15, -0.1) is 24.0 Å². The minimum Gasteiger partial charge on any atom is -0.357 e. The van der Waals surface area contributed by atoms with Crippen LogP contribution in [0.5, 0.6) is 0 Å². The highest BCUT2D eigenvalue weighted by molar-refractivity contribution is 14.0. The van der Waals surface area contributed by atoms with E-state index in [1.807, 2.05) is 30.1 Å². The molecule has 1 aromatic carbocycles. The van der Waals surface area contributed by atoms with Crippen molar-refractivity contribution in [1.29, 1.82) is 0 Å². The number of guanidine groups is 1. The Kier molecular flexibility index (Phi) is 10.9. The molecule has 1 atom stereocenters. The number of nitrogens with zero attached hydrogens (tertiary/aromatic N) is 5. The molecule has 2 aromatic rings. The maximum Gasteiger partial charge on any atom is 0.191 e. The molecule has 3 rings (SSSR count). The summed E-state index contributed by atoms with van der Waals surface area (Å²) in [6, 6.07) is 7.41. The minimum absolute atomic E-state index is 0. The number of hydrogen-bond acceptors (Lipinski definition) is 4. The van der Waals surface area contributed by atoms with Crippen molar-refractivity contribution in [2.75, 3.05) is 40.3 Å². The van der Waals surface area contributed by atoms with E-state index in [0.717, 1.165) is 50.5 Å². The molecule has 178 valence electrons. The normalized spacial score (nSPS) is 16.6. The smallest absolute Gasteiger partial charge is 0.191 e. The average molecular weight is 558 g/mol. The molecule has 0 aliphatic carbocycles. The van der Waals surface area contributed by atoms with Crippen LogP contribution in [0.3, 0.4) is 0 Å². The van der Waals surface area contributed by atoms with Crippen molar-refractivity contribution in [2.45, 2.75) is 38.4 Å². The van der Waals surface area contributed by atoms with E-state index in [1.54, 1.807) is 0 Å². The highest BCUT2D eigenvalue weighted by atomic mass is 127. The number of nitrogens with one attached hydrogen (secondary N) is 2. The number of aliphatic imine (C=N–C) groups is 1. The molecule has 1 fully saturated rings. The van der Waals surface area contributed by atoms with E-state index in [0.29, 0.717) is 12.6 Å². The van der Waals surface area contributed by atoms with Crippen molar-refractivity contribution in [3.63, 3.8) is 0 Å². The number of benzene rings is 1. The van der Waals surface area contributed by atoms with Gasteiger partial charge in [-0.1, -0.05) is 12.1 Å². The first-order valence-electron chi connectivity index (χ1n) is 11.1. The van der Waals surface area contributed by atoms with Gasteiger partial charge < -0.3 is 15.5 Å². The maximum atomic E-state index is 13.1. The molecule has 0 bridgehead atoms. The molecular formula is C23H37FIN7. The van der Waals surface area contributed by atoms with E-state index in [-0.39, 0.29) is 35.8 Å². The molecule has 1 aromatic heterocycles. The molecule has 0 saturated carbocycles. The lowest BCUT2D eigenvalue weighted by molar-refractivity contribution is 0.198. The summed E-state index contributed by atoms with van der Waals surface area (Å²) >= 11 is 0. The number of likely N-dealkylation sites (N-methyl/N-ethyl adjacent to an activating group) is 1. The van der Waals surface area contributed by atoms with Crippen LogP contribution in [0.1, 0.15) is 36.9 Å². The first-order valence-corrected chi connectivity index (χ1v) is 11.1. The summed E-state index contributed by atoms with van der Waals surface area (Å²) in [6.45, 7) is 6.49. The molecule has 32 heavy (non-hydrogen) atoms. The van der Waals surface area contributed by atoms with E-state index < -0.39 is 0 Å². The lowest BCUT2D eigenvalue weighted by atomic mass is 10.0. The summed E-state index contributed by atoms with van der Waals surface area (Å²) in [4.78, 5) is 9.49. The Morgan fingerprint density at radius 3 is 2.50 bits per heavy atom. The molecule has 1 aliphatic heterocycles. The van der Waals surface area contributed by atoms with Gasteiger partial charge in [0.2, 0.25) is 0 Å². The Hall–Kier alpha value is -1.72. The van der Waals surface area contributed by atoms with Crippen LogP contribution in [0.15, 0.2) is 41.7 Å². The van der Waals surface area contributed by atoms with E-state index in [9.17, 15) is 4.39 Å². The van der Waals surface area contributed by atoms with Crippen molar-refractivity contribution in [2.24, 2.45) is 12.0 Å². The summed E-state index contributed by atoms with van der Waals surface area (Å²) < 4.78 is 14.9. The Balaban J connectivity index is 0.00000363. The number of aryl methyl sites for hydroxylation is 1. The summed E-state index contributed by atoms with van der Waals surface area (Å²) in [5.41, 5.74) is 2.33. The van der Waals surface area contributed by atoms with Gasteiger partial charge in [-0.2, -0.15) is 5.10 Å². The van der Waals surface area contributed by atoms with Gasteiger partial charge >= 0.3 is 0 Å². The summed E-state index contributed by atoms with van der Waals surface area (Å²) in [7, 11) is 6.09. The second-order valence-corrected chi connectivity index (χ2v) is 8.47. The largest absolute Gasteiger partial charge is 0.357 e. The fraction of sp³-hybridized carbons (Fsp3) is 0.565. The minimum atomic E-state index is -0.179. The van der Waals surface area contributed by atoms with Gasteiger partial charge in [-0.3, -0.25) is 14.6 Å². The quantitative estimate of drug-likeness (QED) is 0.297. The molecule has 7 nitrogen and oxygen atoms in total. The lowest BCUT2D eigenvalue weighted by Crippen LogP contribution is -2.48. The van der Waals surface area contributed by atoms with E-state index in [1.165, 1.54) is 17.7 Å². The first kappa shape index (κ1) is 26.5. The van der Waals surface area contributed by atoms with Crippen LogP contribution < -0.4 is 10.6 Å². The maximum absolute atomic E-state index is 13.1. The highest BCUT2D eigenvalue weighted by Crippen LogP contribution is 2.18. The zero-order valence-corrected chi connectivity index (χ0v) is 21.9. The van der Waals surface area contributed by atoms with Crippen LogP contribution in [0, 0.1) is 5.82 Å². The van der Waals surface area contributed by atoms with Crippen LogP contribution >= 0.6 is 24.0 Å². The monoisotopic (exact) mass is 557 g/mol. The summed E-state index contributed by atoms with van der Waals surface area (Å²) in [5.74, 6) is 0.692. The first-order chi connectivity index (χ1) is 14.9. The van der Waals surface area contributed by atoms with Crippen LogP contribution in [0.4, 0.5) is 4.39 Å². The van der Waals surface area contributed by atoms with E-state index in [4.69, 9.17) is 4.99 Å². The van der Waals surface area contributed by atoms with Crippen LogP contribution in [0.25, 0.3) is 0 Å². The van der Waals surface area contributed by atoms with Crippen molar-refractivity contribution in [1.82, 2.24) is 30.2 Å². The molecule has 1 aliphatic rings. The van der Waals surface area contributed by atoms with Crippen molar-refractivity contribution < 1.29 is 4.39 Å². The van der Waals surface area contributed by atoms with Crippen molar-refractivity contribution in [3.8, 4) is 0 Å². The van der Waals surface area contributed by atoms with Crippen LogP contribution in [-0.2, 0) is 13.6 Å². The topological polar surface area (TPSA) is 60.7 Å². The van der Waals surface area contributed by atoms with Gasteiger partial charge in [0.15, 0.2) is 5.96 Å². The van der Waals surface area contributed by atoms with E-state index in [2.05, 4.69) is 52.7 Å².